The second-order valence-corrected chi connectivity index (χ2v) is 7.05. The number of nitrogens with two attached hydrogens (primary N) is 1. The van der Waals surface area contributed by atoms with E-state index in [4.69, 9.17) is 0 Å². The molecule has 3 aromatic carbocycles. The molecule has 148 valence electrons. The van der Waals surface area contributed by atoms with Crippen LogP contribution in [0.1, 0.15) is 35.7 Å². The summed E-state index contributed by atoms with van der Waals surface area (Å²) in [5.41, 5.74) is 2.79. The maximum absolute atomic E-state index is 13.2. The zero-order valence-corrected chi connectivity index (χ0v) is 16.4. The van der Waals surface area contributed by atoms with Crippen LogP contribution in [-0.4, -0.2) is 10.8 Å². The van der Waals surface area contributed by atoms with Crippen LogP contribution in [0.25, 0.3) is 0 Å². The van der Waals surface area contributed by atoms with Gasteiger partial charge in [0.25, 0.3) is 11.6 Å². The minimum atomic E-state index is -0.549. The van der Waals surface area contributed by atoms with Gasteiger partial charge in [0.1, 0.15) is 11.7 Å². The van der Waals surface area contributed by atoms with Crippen molar-refractivity contribution in [2.45, 2.75) is 25.9 Å². The van der Waals surface area contributed by atoms with Crippen molar-refractivity contribution in [3.05, 3.63) is 106 Å². The fraction of sp³-hybridized carbons (Fsp3) is 0.174. The molecule has 0 aliphatic carbocycles. The molecule has 6 nitrogen and oxygen atoms in total. The number of carbonyl (C=O) groups is 1. The van der Waals surface area contributed by atoms with Crippen molar-refractivity contribution in [1.29, 1.82) is 0 Å². The van der Waals surface area contributed by atoms with E-state index in [1.54, 1.807) is 19.1 Å². The highest BCUT2D eigenvalue weighted by atomic mass is 16.6. The largest absolute Gasteiger partial charge is 0.326 e. The Morgan fingerprint density at radius 1 is 0.966 bits per heavy atom. The summed E-state index contributed by atoms with van der Waals surface area (Å²) in [6.45, 7) is 3.81. The maximum Gasteiger partial charge on any atom is 0.293 e. The SMILES string of the molecule is Cc1ccc(NC(=O)[C@H]([NH2+][C@H](C)c2ccccc2)c2ccccc2)c([N+](=O)[O-])c1. The van der Waals surface area contributed by atoms with Gasteiger partial charge in [-0.2, -0.15) is 0 Å². The van der Waals surface area contributed by atoms with Crippen molar-refractivity contribution in [2.75, 3.05) is 5.32 Å². The summed E-state index contributed by atoms with van der Waals surface area (Å²) in [7, 11) is 0. The molecule has 0 saturated carbocycles. The lowest BCUT2D eigenvalue weighted by Crippen LogP contribution is -2.87. The number of nitro groups is 1. The van der Waals surface area contributed by atoms with Crippen molar-refractivity contribution in [3.63, 3.8) is 0 Å². The highest BCUT2D eigenvalue weighted by Crippen LogP contribution is 2.26. The van der Waals surface area contributed by atoms with E-state index in [2.05, 4.69) is 5.32 Å². The van der Waals surface area contributed by atoms with Crippen molar-refractivity contribution >= 4 is 17.3 Å². The van der Waals surface area contributed by atoms with Crippen molar-refractivity contribution in [2.24, 2.45) is 0 Å². The third-order valence-electron chi connectivity index (χ3n) is 4.86. The first-order valence-corrected chi connectivity index (χ1v) is 9.46. The van der Waals surface area contributed by atoms with Crippen LogP contribution in [0.2, 0.25) is 0 Å². The highest BCUT2D eigenvalue weighted by Gasteiger charge is 2.28. The standard InChI is InChI=1S/C23H23N3O3/c1-16-13-14-20(21(15-16)26(28)29)25-23(27)22(19-11-7-4-8-12-19)24-17(2)18-9-5-3-6-10-18/h3-15,17,22,24H,1-2H3,(H,25,27)/p+1/t17-,22-/m1/s1. The summed E-state index contributed by atoms with van der Waals surface area (Å²) < 4.78 is 0. The average Bonchev–Trinajstić information content (AvgIpc) is 2.74. The number of carbonyl (C=O) groups excluding carboxylic acids is 1. The minimum absolute atomic E-state index is 0.0279. The normalized spacial score (nSPS) is 12.8. The first-order valence-electron chi connectivity index (χ1n) is 9.46. The average molecular weight is 390 g/mol. The van der Waals surface area contributed by atoms with E-state index >= 15 is 0 Å². The molecule has 1 amide bonds. The number of benzene rings is 3. The Bertz CT molecular complexity index is 991. The first kappa shape index (κ1) is 20.2. The second kappa shape index (κ2) is 9.12. The van der Waals surface area contributed by atoms with Gasteiger partial charge in [-0.1, -0.05) is 66.7 Å². The van der Waals surface area contributed by atoms with E-state index in [9.17, 15) is 14.9 Å². The lowest BCUT2D eigenvalue weighted by Gasteiger charge is -2.20. The molecule has 3 aromatic rings. The van der Waals surface area contributed by atoms with Crippen LogP contribution >= 0.6 is 0 Å². The lowest BCUT2D eigenvalue weighted by molar-refractivity contribution is -0.718. The van der Waals surface area contributed by atoms with Crippen LogP contribution in [0.15, 0.2) is 78.9 Å². The van der Waals surface area contributed by atoms with Crippen LogP contribution in [0.4, 0.5) is 11.4 Å². The summed E-state index contributed by atoms with van der Waals surface area (Å²) in [6, 6.07) is 23.6. The number of quaternary nitrogens is 1. The van der Waals surface area contributed by atoms with E-state index in [0.29, 0.717) is 0 Å². The van der Waals surface area contributed by atoms with E-state index in [-0.39, 0.29) is 23.3 Å². The van der Waals surface area contributed by atoms with Gasteiger partial charge in [0, 0.05) is 17.2 Å². The smallest absolute Gasteiger partial charge is 0.293 e. The summed E-state index contributed by atoms with van der Waals surface area (Å²) in [5, 5.41) is 16.1. The zero-order valence-electron chi connectivity index (χ0n) is 16.4. The number of hydrogen-bond acceptors (Lipinski definition) is 3. The summed E-state index contributed by atoms with van der Waals surface area (Å²) >= 11 is 0. The van der Waals surface area contributed by atoms with Gasteiger partial charge in [-0.05, 0) is 25.5 Å². The van der Waals surface area contributed by atoms with Crippen molar-refractivity contribution in [1.82, 2.24) is 0 Å². The van der Waals surface area contributed by atoms with Gasteiger partial charge in [-0.25, -0.2) is 0 Å². The molecule has 0 heterocycles. The molecule has 0 fully saturated rings. The molecule has 0 saturated heterocycles. The number of anilines is 1. The van der Waals surface area contributed by atoms with E-state index < -0.39 is 11.0 Å². The molecule has 0 radical (unpaired) electrons. The molecule has 0 aliphatic heterocycles. The number of aryl methyl sites for hydroxylation is 1. The molecular weight excluding hydrogens is 366 g/mol. The molecule has 6 heteroatoms. The molecule has 0 unspecified atom stereocenters. The number of nitrogens with zero attached hydrogens (tertiary/aromatic N) is 1. The molecule has 29 heavy (non-hydrogen) atoms. The summed E-state index contributed by atoms with van der Waals surface area (Å²) in [6.07, 6.45) is 0. The van der Waals surface area contributed by atoms with E-state index in [0.717, 1.165) is 16.7 Å². The quantitative estimate of drug-likeness (QED) is 0.473. The molecule has 3 N–H and O–H groups in total. The van der Waals surface area contributed by atoms with Gasteiger partial charge in [0.05, 0.1) is 4.92 Å². The third-order valence-corrected chi connectivity index (χ3v) is 4.86. The molecule has 0 aromatic heterocycles. The van der Waals surface area contributed by atoms with Crippen molar-refractivity contribution in [3.8, 4) is 0 Å². The molecular formula is C23H24N3O3+. The Morgan fingerprint density at radius 3 is 2.14 bits per heavy atom. The Morgan fingerprint density at radius 2 is 1.55 bits per heavy atom. The van der Waals surface area contributed by atoms with Crippen LogP contribution in [0, 0.1) is 17.0 Å². The van der Waals surface area contributed by atoms with Crippen molar-refractivity contribution < 1.29 is 15.0 Å². The highest BCUT2D eigenvalue weighted by molar-refractivity contribution is 5.96. The second-order valence-electron chi connectivity index (χ2n) is 7.05. The fourth-order valence-corrected chi connectivity index (χ4v) is 3.28. The van der Waals surface area contributed by atoms with Crippen LogP contribution < -0.4 is 10.6 Å². The molecule has 0 aliphatic rings. The summed E-state index contributed by atoms with van der Waals surface area (Å²) in [5.74, 6) is -0.300. The van der Waals surface area contributed by atoms with E-state index in [1.807, 2.05) is 72.9 Å². The molecule has 0 bridgehead atoms. The predicted molar refractivity (Wildman–Crippen MR) is 112 cm³/mol. The van der Waals surface area contributed by atoms with Crippen LogP contribution in [0.5, 0.6) is 0 Å². The lowest BCUT2D eigenvalue weighted by atomic mass is 10.0. The topological polar surface area (TPSA) is 88.8 Å². The fourth-order valence-electron chi connectivity index (χ4n) is 3.28. The van der Waals surface area contributed by atoms with Gasteiger partial charge in [-0.3, -0.25) is 14.9 Å². The Hall–Kier alpha value is -3.51. The number of rotatable bonds is 7. The van der Waals surface area contributed by atoms with Gasteiger partial charge in [0.2, 0.25) is 0 Å². The van der Waals surface area contributed by atoms with E-state index in [1.165, 1.54) is 6.07 Å². The predicted octanol–water partition coefficient (Wildman–Crippen LogP) is 3.91. The number of amides is 1. The molecule has 3 rings (SSSR count). The number of nitro benzene ring substituents is 1. The Labute approximate surface area is 169 Å². The van der Waals surface area contributed by atoms with Crippen LogP contribution in [-0.2, 0) is 4.79 Å². The van der Waals surface area contributed by atoms with Gasteiger partial charge >= 0.3 is 0 Å². The Kier molecular flexibility index (Phi) is 6.36. The first-order chi connectivity index (χ1) is 14.0. The van der Waals surface area contributed by atoms with Gasteiger partial charge in [0.15, 0.2) is 6.04 Å². The summed E-state index contributed by atoms with van der Waals surface area (Å²) in [4.78, 5) is 24.1. The molecule has 2 atom stereocenters. The van der Waals surface area contributed by atoms with Gasteiger partial charge in [-0.15, -0.1) is 0 Å². The maximum atomic E-state index is 13.2. The number of hydrogen-bond donors (Lipinski definition) is 2. The zero-order chi connectivity index (χ0) is 20.8. The Balaban J connectivity index is 1.89. The molecule has 0 spiro atoms. The third kappa shape index (κ3) is 5.06. The number of nitrogens with one attached hydrogen (secondary N) is 1. The monoisotopic (exact) mass is 390 g/mol. The van der Waals surface area contributed by atoms with Gasteiger partial charge < -0.3 is 10.6 Å². The minimum Gasteiger partial charge on any atom is -0.326 e. The van der Waals surface area contributed by atoms with Crippen LogP contribution in [0.3, 0.4) is 0 Å².